The standard InChI is InChI=1S/C16H15ClN2/c1-12(13-6-4-3-5-7-13)19-11-18(2)15-9-8-14(17)10-16(15)19/h3-10H,1,11H2,2H3. The van der Waals surface area contributed by atoms with Crippen molar-refractivity contribution in [3.05, 3.63) is 65.7 Å². The van der Waals surface area contributed by atoms with Crippen LogP contribution in [0.25, 0.3) is 5.70 Å². The Morgan fingerprint density at radius 1 is 1.11 bits per heavy atom. The monoisotopic (exact) mass is 270 g/mol. The van der Waals surface area contributed by atoms with Gasteiger partial charge >= 0.3 is 0 Å². The molecule has 0 unspecified atom stereocenters. The van der Waals surface area contributed by atoms with Gasteiger partial charge in [-0.3, -0.25) is 0 Å². The molecule has 0 spiro atoms. The zero-order chi connectivity index (χ0) is 13.4. The molecule has 3 rings (SSSR count). The van der Waals surface area contributed by atoms with Crippen molar-refractivity contribution in [3.8, 4) is 0 Å². The third-order valence-electron chi connectivity index (χ3n) is 3.43. The molecule has 0 atom stereocenters. The second kappa shape index (κ2) is 4.63. The van der Waals surface area contributed by atoms with Crippen molar-refractivity contribution in [1.29, 1.82) is 0 Å². The van der Waals surface area contributed by atoms with Gasteiger partial charge in [-0.2, -0.15) is 0 Å². The molecule has 2 aromatic carbocycles. The van der Waals surface area contributed by atoms with Gasteiger partial charge in [0.2, 0.25) is 0 Å². The normalized spacial score (nSPS) is 13.6. The van der Waals surface area contributed by atoms with Crippen molar-refractivity contribution in [2.75, 3.05) is 23.5 Å². The van der Waals surface area contributed by atoms with Gasteiger partial charge in [-0.15, -0.1) is 0 Å². The van der Waals surface area contributed by atoms with Crippen LogP contribution in [-0.4, -0.2) is 13.7 Å². The number of hydrogen-bond donors (Lipinski definition) is 0. The number of hydrogen-bond acceptors (Lipinski definition) is 2. The van der Waals surface area contributed by atoms with Crippen LogP contribution >= 0.6 is 11.6 Å². The van der Waals surface area contributed by atoms with Gasteiger partial charge in [0.1, 0.15) is 0 Å². The van der Waals surface area contributed by atoms with Gasteiger partial charge in [0, 0.05) is 17.8 Å². The van der Waals surface area contributed by atoms with E-state index in [4.69, 9.17) is 11.6 Å². The summed E-state index contributed by atoms with van der Waals surface area (Å²) in [6.07, 6.45) is 0. The first-order valence-electron chi connectivity index (χ1n) is 6.19. The van der Waals surface area contributed by atoms with Gasteiger partial charge in [0.05, 0.1) is 18.0 Å². The van der Waals surface area contributed by atoms with Crippen molar-refractivity contribution in [3.63, 3.8) is 0 Å². The molecule has 0 N–H and O–H groups in total. The Hall–Kier alpha value is -1.93. The average molecular weight is 271 g/mol. The van der Waals surface area contributed by atoms with Crippen LogP contribution in [0, 0.1) is 0 Å². The van der Waals surface area contributed by atoms with Crippen molar-refractivity contribution in [2.24, 2.45) is 0 Å². The van der Waals surface area contributed by atoms with Crippen molar-refractivity contribution >= 4 is 28.7 Å². The number of rotatable bonds is 2. The Balaban J connectivity index is 2.01. The van der Waals surface area contributed by atoms with Gasteiger partial charge in [-0.1, -0.05) is 48.5 Å². The molecule has 1 heterocycles. The number of nitrogens with zero attached hydrogens (tertiary/aromatic N) is 2. The summed E-state index contributed by atoms with van der Waals surface area (Å²) in [5.41, 5.74) is 4.42. The molecule has 2 aromatic rings. The lowest BCUT2D eigenvalue weighted by atomic mass is 10.1. The molecule has 0 bridgehead atoms. The van der Waals surface area contributed by atoms with Crippen molar-refractivity contribution < 1.29 is 0 Å². The average Bonchev–Trinajstić information content (AvgIpc) is 2.75. The Kier molecular flexibility index (Phi) is 2.96. The number of benzene rings is 2. The van der Waals surface area contributed by atoms with Gasteiger partial charge in [0.15, 0.2) is 0 Å². The number of halogens is 1. The molecule has 0 fully saturated rings. The summed E-state index contributed by atoms with van der Waals surface area (Å²) in [6.45, 7) is 5.02. The number of anilines is 2. The summed E-state index contributed by atoms with van der Waals surface area (Å²) in [6, 6.07) is 16.2. The molecule has 0 amide bonds. The minimum Gasteiger partial charge on any atom is -0.355 e. The topological polar surface area (TPSA) is 6.48 Å². The highest BCUT2D eigenvalue weighted by atomic mass is 35.5. The van der Waals surface area contributed by atoms with Crippen LogP contribution in [0.3, 0.4) is 0 Å². The summed E-state index contributed by atoms with van der Waals surface area (Å²) in [4.78, 5) is 4.39. The second-order valence-corrected chi connectivity index (χ2v) is 5.15. The van der Waals surface area contributed by atoms with Crippen LogP contribution in [0.1, 0.15) is 5.56 Å². The van der Waals surface area contributed by atoms with E-state index in [0.29, 0.717) is 0 Å². The smallest absolute Gasteiger partial charge is 0.0950 e. The third-order valence-corrected chi connectivity index (χ3v) is 3.66. The second-order valence-electron chi connectivity index (χ2n) is 4.71. The van der Waals surface area contributed by atoms with E-state index in [2.05, 4.69) is 41.6 Å². The molecular weight excluding hydrogens is 256 g/mol. The highest BCUT2D eigenvalue weighted by Crippen LogP contribution is 2.40. The lowest BCUT2D eigenvalue weighted by Crippen LogP contribution is -2.26. The minimum absolute atomic E-state index is 0.750. The Morgan fingerprint density at radius 2 is 1.84 bits per heavy atom. The lowest BCUT2D eigenvalue weighted by molar-refractivity contribution is 0.955. The summed E-state index contributed by atoms with van der Waals surface area (Å²) in [5, 5.41) is 0.750. The molecule has 19 heavy (non-hydrogen) atoms. The van der Waals surface area contributed by atoms with Crippen molar-refractivity contribution in [1.82, 2.24) is 0 Å². The third kappa shape index (κ3) is 2.08. The summed E-state index contributed by atoms with van der Waals surface area (Å²) < 4.78 is 0. The highest BCUT2D eigenvalue weighted by Gasteiger charge is 2.25. The Morgan fingerprint density at radius 3 is 2.58 bits per heavy atom. The van der Waals surface area contributed by atoms with Crippen LogP contribution in [0.2, 0.25) is 5.02 Å². The molecule has 0 aromatic heterocycles. The van der Waals surface area contributed by atoms with Crippen LogP contribution in [-0.2, 0) is 0 Å². The molecular formula is C16H15ClN2. The van der Waals surface area contributed by atoms with E-state index in [-0.39, 0.29) is 0 Å². The fourth-order valence-corrected chi connectivity index (χ4v) is 2.58. The van der Waals surface area contributed by atoms with Gasteiger partial charge in [-0.25, -0.2) is 0 Å². The van der Waals surface area contributed by atoms with Crippen LogP contribution in [0.5, 0.6) is 0 Å². The maximum Gasteiger partial charge on any atom is 0.0950 e. The Bertz CT molecular complexity index is 622. The van der Waals surface area contributed by atoms with Crippen LogP contribution < -0.4 is 9.80 Å². The fourth-order valence-electron chi connectivity index (χ4n) is 2.42. The molecule has 0 aliphatic carbocycles. The van der Waals surface area contributed by atoms with Crippen LogP contribution in [0.15, 0.2) is 55.1 Å². The van der Waals surface area contributed by atoms with Crippen molar-refractivity contribution in [2.45, 2.75) is 0 Å². The molecule has 96 valence electrons. The van der Waals surface area contributed by atoms with E-state index >= 15 is 0 Å². The van der Waals surface area contributed by atoms with E-state index in [0.717, 1.165) is 28.6 Å². The number of fused-ring (bicyclic) bond motifs is 1. The summed E-state index contributed by atoms with van der Waals surface area (Å²) in [7, 11) is 2.07. The highest BCUT2D eigenvalue weighted by molar-refractivity contribution is 6.31. The Labute approximate surface area is 118 Å². The SMILES string of the molecule is C=C(c1ccccc1)N1CN(C)c2ccc(Cl)cc21. The molecule has 0 saturated carbocycles. The minimum atomic E-state index is 0.750. The molecule has 0 radical (unpaired) electrons. The van der Waals surface area contributed by atoms with E-state index in [9.17, 15) is 0 Å². The lowest BCUT2D eigenvalue weighted by Gasteiger charge is -2.22. The first kappa shape index (κ1) is 12.1. The summed E-state index contributed by atoms with van der Waals surface area (Å²) >= 11 is 6.11. The molecule has 2 nitrogen and oxygen atoms in total. The van der Waals surface area contributed by atoms with E-state index in [1.165, 1.54) is 5.69 Å². The first-order chi connectivity index (χ1) is 9.16. The maximum atomic E-state index is 6.11. The van der Waals surface area contributed by atoms with Gasteiger partial charge in [-0.05, 0) is 23.8 Å². The maximum absolute atomic E-state index is 6.11. The largest absolute Gasteiger partial charge is 0.355 e. The predicted molar refractivity (Wildman–Crippen MR) is 82.7 cm³/mol. The molecule has 3 heteroatoms. The van der Waals surface area contributed by atoms with E-state index in [1.54, 1.807) is 0 Å². The zero-order valence-corrected chi connectivity index (χ0v) is 11.6. The van der Waals surface area contributed by atoms with E-state index < -0.39 is 0 Å². The first-order valence-corrected chi connectivity index (χ1v) is 6.57. The molecule has 1 aliphatic rings. The van der Waals surface area contributed by atoms with E-state index in [1.807, 2.05) is 30.3 Å². The van der Waals surface area contributed by atoms with Gasteiger partial charge in [0.25, 0.3) is 0 Å². The van der Waals surface area contributed by atoms with Gasteiger partial charge < -0.3 is 9.80 Å². The zero-order valence-electron chi connectivity index (χ0n) is 10.8. The fraction of sp³-hybridized carbons (Fsp3) is 0.125. The van der Waals surface area contributed by atoms with Crippen LogP contribution in [0.4, 0.5) is 11.4 Å². The summed E-state index contributed by atoms with van der Waals surface area (Å²) in [5.74, 6) is 0. The quantitative estimate of drug-likeness (QED) is 0.806. The molecule has 1 aliphatic heterocycles. The molecule has 0 saturated heterocycles. The predicted octanol–water partition coefficient (Wildman–Crippen LogP) is 4.22.